The Hall–Kier alpha value is -1.89. The Morgan fingerprint density at radius 2 is 1.88 bits per heavy atom. The number of nitrogens with one attached hydrogen (secondary N) is 1. The molecule has 1 aromatic carbocycles. The second kappa shape index (κ2) is 9.16. The summed E-state index contributed by atoms with van der Waals surface area (Å²) in [4.78, 5) is 17.7. The molecule has 5 nitrogen and oxygen atoms in total. The van der Waals surface area contributed by atoms with Gasteiger partial charge in [0.25, 0.3) is 0 Å². The molecular formula is C19H23ClN4OS. The van der Waals surface area contributed by atoms with Gasteiger partial charge in [-0.25, -0.2) is 5.43 Å². The van der Waals surface area contributed by atoms with E-state index in [0.29, 0.717) is 6.42 Å². The summed E-state index contributed by atoms with van der Waals surface area (Å²) in [6.07, 6.45) is 0.452. The van der Waals surface area contributed by atoms with Crippen molar-refractivity contribution in [3.05, 3.63) is 51.7 Å². The normalized spacial score (nSPS) is 15.9. The highest BCUT2D eigenvalue weighted by Gasteiger charge is 2.17. The maximum absolute atomic E-state index is 12.0. The molecule has 0 saturated carbocycles. The number of piperazine rings is 1. The topological polar surface area (TPSA) is 47.9 Å². The lowest BCUT2D eigenvalue weighted by Gasteiger charge is -2.36. The van der Waals surface area contributed by atoms with E-state index in [2.05, 4.69) is 44.6 Å². The van der Waals surface area contributed by atoms with Gasteiger partial charge in [-0.15, -0.1) is 11.3 Å². The molecule has 2 aromatic rings. The van der Waals surface area contributed by atoms with Crippen molar-refractivity contribution in [2.24, 2.45) is 5.10 Å². The number of benzene rings is 1. The minimum absolute atomic E-state index is 0.0579. The first-order valence-corrected chi connectivity index (χ1v) is 9.92. The highest BCUT2D eigenvalue weighted by atomic mass is 35.5. The Balaban J connectivity index is 1.39. The van der Waals surface area contributed by atoms with E-state index in [1.54, 1.807) is 0 Å². The van der Waals surface area contributed by atoms with Gasteiger partial charge in [-0.05, 0) is 31.2 Å². The number of nitrogens with zero attached hydrogens (tertiary/aromatic N) is 3. The van der Waals surface area contributed by atoms with Crippen molar-refractivity contribution in [2.75, 3.05) is 37.6 Å². The molecule has 1 N–H and O–H groups in total. The van der Waals surface area contributed by atoms with Crippen molar-refractivity contribution < 1.29 is 4.79 Å². The molecule has 1 fully saturated rings. The zero-order valence-electron chi connectivity index (χ0n) is 14.8. The fourth-order valence-electron chi connectivity index (χ4n) is 2.89. The van der Waals surface area contributed by atoms with Crippen LogP contribution in [0.4, 0.5) is 5.69 Å². The minimum atomic E-state index is -0.0579. The average Bonchev–Trinajstić information content (AvgIpc) is 3.12. The standard InChI is InChI=1S/C19H23ClN4OS/c1-15(17-7-8-18(20)26-17)21-22-19(25)9-10-23-11-13-24(14-12-23)16-5-3-2-4-6-16/h2-8H,9-14H2,1H3,(H,22,25)/b21-15-. The smallest absolute Gasteiger partial charge is 0.241 e. The van der Waals surface area contributed by atoms with Crippen LogP contribution in [-0.4, -0.2) is 49.2 Å². The highest BCUT2D eigenvalue weighted by Crippen LogP contribution is 2.21. The summed E-state index contributed by atoms with van der Waals surface area (Å²) in [5.74, 6) is -0.0579. The number of hydrogen-bond acceptors (Lipinski definition) is 5. The second-order valence-electron chi connectivity index (χ2n) is 6.25. The maximum atomic E-state index is 12.0. The van der Waals surface area contributed by atoms with E-state index < -0.39 is 0 Å². The van der Waals surface area contributed by atoms with E-state index in [0.717, 1.165) is 47.6 Å². The molecule has 3 rings (SSSR count). The molecule has 7 heteroatoms. The van der Waals surface area contributed by atoms with Gasteiger partial charge in [0.1, 0.15) is 0 Å². The van der Waals surface area contributed by atoms with Crippen molar-refractivity contribution in [3.8, 4) is 0 Å². The maximum Gasteiger partial charge on any atom is 0.241 e. The predicted octanol–water partition coefficient (Wildman–Crippen LogP) is 3.45. The van der Waals surface area contributed by atoms with E-state index >= 15 is 0 Å². The summed E-state index contributed by atoms with van der Waals surface area (Å²) in [6, 6.07) is 14.2. The van der Waals surface area contributed by atoms with Crippen LogP contribution in [-0.2, 0) is 4.79 Å². The Morgan fingerprint density at radius 1 is 1.15 bits per heavy atom. The molecule has 0 aliphatic carbocycles. The van der Waals surface area contributed by atoms with E-state index in [4.69, 9.17) is 11.6 Å². The van der Waals surface area contributed by atoms with E-state index in [-0.39, 0.29) is 5.91 Å². The fraction of sp³-hybridized carbons (Fsp3) is 0.368. The van der Waals surface area contributed by atoms with Crippen LogP contribution in [0.2, 0.25) is 4.34 Å². The van der Waals surface area contributed by atoms with Crippen LogP contribution in [0, 0.1) is 0 Å². The van der Waals surface area contributed by atoms with Gasteiger partial charge in [0.15, 0.2) is 0 Å². The number of hydrogen-bond donors (Lipinski definition) is 1. The molecule has 1 amide bonds. The van der Waals surface area contributed by atoms with Crippen molar-refractivity contribution in [1.82, 2.24) is 10.3 Å². The number of carbonyl (C=O) groups is 1. The van der Waals surface area contributed by atoms with Crippen LogP contribution in [0.3, 0.4) is 0 Å². The quantitative estimate of drug-likeness (QED) is 0.607. The monoisotopic (exact) mass is 390 g/mol. The molecule has 0 bridgehead atoms. The van der Waals surface area contributed by atoms with Crippen LogP contribution >= 0.6 is 22.9 Å². The summed E-state index contributed by atoms with van der Waals surface area (Å²) in [7, 11) is 0. The third kappa shape index (κ3) is 5.30. The first kappa shape index (κ1) is 18.9. The molecule has 26 heavy (non-hydrogen) atoms. The molecule has 1 aliphatic heterocycles. The molecule has 1 aliphatic rings. The van der Waals surface area contributed by atoms with Gasteiger partial charge in [0.2, 0.25) is 5.91 Å². The molecule has 2 heterocycles. The number of rotatable bonds is 6. The van der Waals surface area contributed by atoms with Crippen LogP contribution in [0.5, 0.6) is 0 Å². The first-order chi connectivity index (χ1) is 12.6. The summed E-state index contributed by atoms with van der Waals surface area (Å²) in [5, 5.41) is 4.17. The number of para-hydroxylation sites is 1. The molecule has 0 spiro atoms. The van der Waals surface area contributed by atoms with E-state index in [1.807, 2.05) is 25.1 Å². The molecular weight excluding hydrogens is 368 g/mol. The SMILES string of the molecule is C/C(=N/NC(=O)CCN1CCN(c2ccccc2)CC1)c1ccc(Cl)s1. The van der Waals surface area contributed by atoms with Gasteiger partial charge in [0.05, 0.1) is 14.9 Å². The van der Waals surface area contributed by atoms with Gasteiger partial charge in [-0.2, -0.15) is 5.10 Å². The molecule has 138 valence electrons. The fourth-order valence-corrected chi connectivity index (χ4v) is 3.88. The van der Waals surface area contributed by atoms with Crippen molar-refractivity contribution in [3.63, 3.8) is 0 Å². The number of halogens is 1. The van der Waals surface area contributed by atoms with Crippen LogP contribution in [0.25, 0.3) is 0 Å². The Morgan fingerprint density at radius 3 is 2.54 bits per heavy atom. The minimum Gasteiger partial charge on any atom is -0.369 e. The highest BCUT2D eigenvalue weighted by molar-refractivity contribution is 7.18. The molecule has 0 radical (unpaired) electrons. The lowest BCUT2D eigenvalue weighted by molar-refractivity contribution is -0.121. The van der Waals surface area contributed by atoms with Gasteiger partial charge in [-0.3, -0.25) is 9.69 Å². The third-order valence-corrected chi connectivity index (χ3v) is 5.77. The van der Waals surface area contributed by atoms with Gasteiger partial charge in [0, 0.05) is 44.8 Å². The van der Waals surface area contributed by atoms with Crippen LogP contribution < -0.4 is 10.3 Å². The van der Waals surface area contributed by atoms with Gasteiger partial charge in [-0.1, -0.05) is 29.8 Å². The zero-order valence-corrected chi connectivity index (χ0v) is 16.4. The first-order valence-electron chi connectivity index (χ1n) is 8.73. The summed E-state index contributed by atoms with van der Waals surface area (Å²) < 4.78 is 0.718. The molecule has 0 atom stereocenters. The predicted molar refractivity (Wildman–Crippen MR) is 109 cm³/mol. The summed E-state index contributed by atoms with van der Waals surface area (Å²) in [6.45, 7) is 6.54. The number of hydrazone groups is 1. The molecule has 1 saturated heterocycles. The largest absolute Gasteiger partial charge is 0.369 e. The Labute approximate surface area is 163 Å². The Kier molecular flexibility index (Phi) is 6.66. The summed E-state index contributed by atoms with van der Waals surface area (Å²) >= 11 is 7.37. The van der Waals surface area contributed by atoms with Gasteiger partial charge >= 0.3 is 0 Å². The number of amides is 1. The van der Waals surface area contributed by atoms with Crippen molar-refractivity contribution >= 4 is 40.2 Å². The lowest BCUT2D eigenvalue weighted by atomic mass is 10.2. The number of carbonyl (C=O) groups excluding carboxylic acids is 1. The number of anilines is 1. The number of thiophene rings is 1. The van der Waals surface area contributed by atoms with Crippen LogP contribution in [0.15, 0.2) is 47.6 Å². The zero-order chi connectivity index (χ0) is 18.4. The van der Waals surface area contributed by atoms with Crippen molar-refractivity contribution in [1.29, 1.82) is 0 Å². The van der Waals surface area contributed by atoms with Gasteiger partial charge < -0.3 is 4.90 Å². The van der Waals surface area contributed by atoms with E-state index in [1.165, 1.54) is 17.0 Å². The average molecular weight is 391 g/mol. The van der Waals surface area contributed by atoms with Crippen molar-refractivity contribution in [2.45, 2.75) is 13.3 Å². The molecule has 1 aromatic heterocycles. The summed E-state index contributed by atoms with van der Waals surface area (Å²) in [5.41, 5.74) is 4.68. The third-order valence-electron chi connectivity index (χ3n) is 4.43. The second-order valence-corrected chi connectivity index (χ2v) is 7.97. The van der Waals surface area contributed by atoms with E-state index in [9.17, 15) is 4.79 Å². The Bertz CT molecular complexity index is 754. The molecule has 0 unspecified atom stereocenters. The lowest BCUT2D eigenvalue weighted by Crippen LogP contribution is -2.47. The van der Waals surface area contributed by atoms with Crippen LogP contribution in [0.1, 0.15) is 18.2 Å².